The maximum Gasteiger partial charge on any atom is 0.302 e. The van der Waals surface area contributed by atoms with Crippen LogP contribution in [0.1, 0.15) is 65.7 Å². The molecular formula is C19H30O3. The maximum absolute atomic E-state index is 11.5. The number of carbonyl (C=O) groups is 1. The Balaban J connectivity index is 1.60. The van der Waals surface area contributed by atoms with Gasteiger partial charge in [0.1, 0.15) is 6.10 Å². The summed E-state index contributed by atoms with van der Waals surface area (Å²) < 4.78 is 11.8. The molecule has 124 valence electrons. The Labute approximate surface area is 134 Å². The first-order chi connectivity index (χ1) is 10.4. The van der Waals surface area contributed by atoms with Gasteiger partial charge in [0, 0.05) is 18.9 Å². The third-order valence-corrected chi connectivity index (χ3v) is 7.96. The molecule has 3 heteroatoms. The average Bonchev–Trinajstić information content (AvgIpc) is 2.99. The fraction of sp³-hybridized carbons (Fsp3) is 0.947. The smallest absolute Gasteiger partial charge is 0.302 e. The van der Waals surface area contributed by atoms with Crippen LogP contribution >= 0.6 is 0 Å². The first-order valence-electron chi connectivity index (χ1n) is 9.24. The molecule has 0 spiro atoms. The number of rotatable bonds is 1. The zero-order valence-electron chi connectivity index (χ0n) is 14.3. The first kappa shape index (κ1) is 15.0. The Morgan fingerprint density at radius 1 is 1.00 bits per heavy atom. The van der Waals surface area contributed by atoms with Crippen molar-refractivity contribution in [3.63, 3.8) is 0 Å². The van der Waals surface area contributed by atoms with Crippen molar-refractivity contribution in [1.29, 1.82) is 0 Å². The molecule has 1 aliphatic heterocycles. The van der Waals surface area contributed by atoms with Gasteiger partial charge in [-0.15, -0.1) is 0 Å². The molecule has 0 aromatic carbocycles. The number of hydrogen-bond donors (Lipinski definition) is 0. The van der Waals surface area contributed by atoms with E-state index in [1.807, 2.05) is 0 Å². The van der Waals surface area contributed by atoms with Gasteiger partial charge in [-0.25, -0.2) is 0 Å². The van der Waals surface area contributed by atoms with Gasteiger partial charge < -0.3 is 9.47 Å². The van der Waals surface area contributed by atoms with E-state index in [9.17, 15) is 4.79 Å². The Kier molecular flexibility index (Phi) is 3.38. The molecule has 0 aromatic heterocycles. The summed E-state index contributed by atoms with van der Waals surface area (Å²) >= 11 is 0. The quantitative estimate of drug-likeness (QED) is 0.688. The molecule has 1 saturated heterocycles. The highest BCUT2D eigenvalue weighted by Crippen LogP contribution is 2.65. The van der Waals surface area contributed by atoms with Crippen molar-refractivity contribution in [3.8, 4) is 0 Å². The van der Waals surface area contributed by atoms with Crippen LogP contribution in [0.2, 0.25) is 0 Å². The molecule has 0 N–H and O–H groups in total. The lowest BCUT2D eigenvalue weighted by atomic mass is 9.49. The summed E-state index contributed by atoms with van der Waals surface area (Å²) in [5.74, 6) is 2.29. The fourth-order valence-electron chi connectivity index (χ4n) is 6.81. The molecule has 3 saturated carbocycles. The predicted octanol–water partition coefficient (Wildman–Crippen LogP) is 3.95. The van der Waals surface area contributed by atoms with Gasteiger partial charge in [0.05, 0.1) is 6.10 Å². The highest BCUT2D eigenvalue weighted by Gasteiger charge is 2.61. The molecule has 3 aliphatic carbocycles. The highest BCUT2D eigenvalue weighted by molar-refractivity contribution is 5.66. The molecule has 4 rings (SSSR count). The van der Waals surface area contributed by atoms with Crippen molar-refractivity contribution in [2.24, 2.45) is 28.6 Å². The van der Waals surface area contributed by atoms with Gasteiger partial charge in [0.2, 0.25) is 0 Å². The van der Waals surface area contributed by atoms with E-state index >= 15 is 0 Å². The second-order valence-corrected chi connectivity index (χ2v) is 8.79. The summed E-state index contributed by atoms with van der Waals surface area (Å²) in [6, 6.07) is 0. The molecule has 1 heterocycles. The molecule has 0 radical (unpaired) electrons. The minimum atomic E-state index is -0.103. The second kappa shape index (κ2) is 4.96. The lowest BCUT2D eigenvalue weighted by molar-refractivity contribution is -0.160. The monoisotopic (exact) mass is 306 g/mol. The van der Waals surface area contributed by atoms with Crippen LogP contribution in [0.3, 0.4) is 0 Å². The number of ether oxygens (including phenoxy) is 2. The Hall–Kier alpha value is -0.570. The number of hydrogen-bond acceptors (Lipinski definition) is 3. The molecule has 7 atom stereocenters. The lowest BCUT2D eigenvalue weighted by Crippen LogP contribution is -2.53. The third kappa shape index (κ3) is 1.93. The Bertz CT molecular complexity index is 475. The van der Waals surface area contributed by atoms with Crippen molar-refractivity contribution in [3.05, 3.63) is 0 Å². The van der Waals surface area contributed by atoms with E-state index in [-0.39, 0.29) is 17.5 Å². The molecule has 0 bridgehead atoms. The van der Waals surface area contributed by atoms with E-state index in [0.717, 1.165) is 30.8 Å². The topological polar surface area (TPSA) is 35.5 Å². The van der Waals surface area contributed by atoms with Crippen molar-refractivity contribution in [2.75, 3.05) is 6.61 Å². The van der Waals surface area contributed by atoms with Crippen molar-refractivity contribution in [2.45, 2.75) is 77.9 Å². The molecule has 4 aliphatic rings. The van der Waals surface area contributed by atoms with Gasteiger partial charge in [0.25, 0.3) is 0 Å². The molecular weight excluding hydrogens is 276 g/mol. The lowest BCUT2D eigenvalue weighted by Gasteiger charge is -2.56. The summed E-state index contributed by atoms with van der Waals surface area (Å²) in [6.45, 7) is 7.41. The highest BCUT2D eigenvalue weighted by atomic mass is 16.5. The number of carbonyl (C=O) groups excluding carboxylic acids is 1. The van der Waals surface area contributed by atoms with E-state index in [4.69, 9.17) is 9.47 Å². The Morgan fingerprint density at radius 2 is 1.77 bits per heavy atom. The van der Waals surface area contributed by atoms with Crippen LogP contribution in [-0.2, 0) is 14.3 Å². The summed E-state index contributed by atoms with van der Waals surface area (Å²) in [7, 11) is 0. The predicted molar refractivity (Wildman–Crippen MR) is 84.3 cm³/mol. The van der Waals surface area contributed by atoms with Crippen LogP contribution in [0.5, 0.6) is 0 Å². The van der Waals surface area contributed by atoms with E-state index in [1.54, 1.807) is 6.92 Å². The third-order valence-electron chi connectivity index (χ3n) is 7.96. The second-order valence-electron chi connectivity index (χ2n) is 8.79. The van der Waals surface area contributed by atoms with Crippen LogP contribution in [0, 0.1) is 28.6 Å². The summed E-state index contributed by atoms with van der Waals surface area (Å²) in [5, 5.41) is 0. The number of fused-ring (bicyclic) bond motifs is 5. The molecule has 3 nitrogen and oxygen atoms in total. The maximum atomic E-state index is 11.5. The van der Waals surface area contributed by atoms with Crippen LogP contribution in [0.4, 0.5) is 0 Å². The minimum absolute atomic E-state index is 0.103. The van der Waals surface area contributed by atoms with Crippen molar-refractivity contribution < 1.29 is 14.3 Å². The average molecular weight is 306 g/mol. The largest absolute Gasteiger partial charge is 0.462 e. The van der Waals surface area contributed by atoms with Crippen LogP contribution in [-0.4, -0.2) is 24.8 Å². The van der Waals surface area contributed by atoms with E-state index in [2.05, 4.69) is 13.8 Å². The zero-order chi connectivity index (χ0) is 15.5. The van der Waals surface area contributed by atoms with Gasteiger partial charge in [-0.1, -0.05) is 13.8 Å². The Morgan fingerprint density at radius 3 is 2.55 bits per heavy atom. The van der Waals surface area contributed by atoms with Gasteiger partial charge in [-0.3, -0.25) is 4.79 Å². The first-order valence-corrected chi connectivity index (χ1v) is 9.24. The van der Waals surface area contributed by atoms with Gasteiger partial charge in [0.15, 0.2) is 0 Å². The SMILES string of the molecule is CC(=O)OC1CCC2C3CCC4OCCC4(C)C3CCC12C. The van der Waals surface area contributed by atoms with Crippen molar-refractivity contribution in [1.82, 2.24) is 0 Å². The van der Waals surface area contributed by atoms with Gasteiger partial charge in [-0.2, -0.15) is 0 Å². The van der Waals surface area contributed by atoms with Crippen molar-refractivity contribution >= 4 is 5.97 Å². The zero-order valence-corrected chi connectivity index (χ0v) is 14.3. The van der Waals surface area contributed by atoms with E-state index in [1.165, 1.54) is 38.5 Å². The normalized spacial score (nSPS) is 53.5. The summed E-state index contributed by atoms with van der Waals surface area (Å²) in [6.07, 6.45) is 9.30. The molecule has 0 amide bonds. The fourth-order valence-corrected chi connectivity index (χ4v) is 6.81. The minimum Gasteiger partial charge on any atom is -0.462 e. The van der Waals surface area contributed by atoms with Crippen LogP contribution in [0.25, 0.3) is 0 Å². The molecule has 7 unspecified atom stereocenters. The van der Waals surface area contributed by atoms with Gasteiger partial charge in [-0.05, 0) is 68.1 Å². The van der Waals surface area contributed by atoms with E-state index in [0.29, 0.717) is 11.5 Å². The molecule has 4 fully saturated rings. The standard InChI is InChI=1S/C19H30O3/c1-12(20)22-17-7-5-14-13-4-6-16-19(3,10-11-21-16)15(13)8-9-18(14,17)2/h13-17H,4-11H2,1-3H3. The van der Waals surface area contributed by atoms with Crippen LogP contribution in [0.15, 0.2) is 0 Å². The summed E-state index contributed by atoms with van der Waals surface area (Å²) in [5.41, 5.74) is 0.624. The molecule has 0 aromatic rings. The van der Waals surface area contributed by atoms with Crippen LogP contribution < -0.4 is 0 Å². The van der Waals surface area contributed by atoms with E-state index < -0.39 is 0 Å². The molecule has 22 heavy (non-hydrogen) atoms. The van der Waals surface area contributed by atoms with Gasteiger partial charge >= 0.3 is 5.97 Å². The number of esters is 1. The summed E-state index contributed by atoms with van der Waals surface area (Å²) in [4.78, 5) is 11.5.